The van der Waals surface area contributed by atoms with Crippen molar-refractivity contribution in [1.82, 2.24) is 8.61 Å². The number of hydrogen-bond donors (Lipinski definition) is 1. The van der Waals surface area contributed by atoms with E-state index >= 15 is 0 Å². The van der Waals surface area contributed by atoms with E-state index in [-0.39, 0.29) is 0 Å². The molecule has 1 aromatic carbocycles. The van der Waals surface area contributed by atoms with Crippen LogP contribution >= 0.6 is 0 Å². The average Bonchev–Trinajstić information content (AvgIpc) is 2.83. The largest absolute Gasteiger partial charge is 0.399 e. The first-order chi connectivity index (χ1) is 9.07. The molecule has 5 nitrogen and oxygen atoms in total. The summed E-state index contributed by atoms with van der Waals surface area (Å²) in [6.07, 6.45) is 3.06. The van der Waals surface area contributed by atoms with Crippen LogP contribution in [-0.2, 0) is 23.3 Å². The summed E-state index contributed by atoms with van der Waals surface area (Å²) in [6.45, 7) is 2.21. The van der Waals surface area contributed by atoms with Crippen molar-refractivity contribution >= 4 is 15.9 Å². The maximum atomic E-state index is 12.6. The van der Waals surface area contributed by atoms with E-state index in [0.29, 0.717) is 31.9 Å². The molecule has 0 bridgehead atoms. The third-order valence-electron chi connectivity index (χ3n) is 3.89. The van der Waals surface area contributed by atoms with E-state index in [9.17, 15) is 8.42 Å². The average molecular weight is 281 g/mol. The van der Waals surface area contributed by atoms with E-state index in [1.54, 1.807) is 8.61 Å². The van der Waals surface area contributed by atoms with Crippen molar-refractivity contribution in [2.75, 3.05) is 18.8 Å². The number of piperidine rings is 1. The fourth-order valence-electron chi connectivity index (χ4n) is 2.81. The molecular weight excluding hydrogens is 262 g/mol. The summed E-state index contributed by atoms with van der Waals surface area (Å²) in [7, 11) is -3.32. The number of nitrogen functional groups attached to an aromatic ring is 1. The Bertz CT molecular complexity index is 580. The van der Waals surface area contributed by atoms with E-state index in [1.165, 1.54) is 0 Å². The van der Waals surface area contributed by atoms with Crippen molar-refractivity contribution in [3.8, 4) is 0 Å². The molecule has 1 aromatic rings. The second kappa shape index (κ2) is 4.77. The Labute approximate surface area is 114 Å². The number of benzene rings is 1. The summed E-state index contributed by atoms with van der Waals surface area (Å²) in [5.41, 5.74) is 8.53. The van der Waals surface area contributed by atoms with E-state index in [0.717, 1.165) is 30.4 Å². The summed E-state index contributed by atoms with van der Waals surface area (Å²) in [5.74, 6) is 0. The van der Waals surface area contributed by atoms with Crippen molar-refractivity contribution in [2.24, 2.45) is 0 Å². The Hall–Kier alpha value is -1.11. The van der Waals surface area contributed by atoms with Gasteiger partial charge < -0.3 is 5.73 Å². The van der Waals surface area contributed by atoms with Gasteiger partial charge in [-0.25, -0.2) is 0 Å². The maximum Gasteiger partial charge on any atom is 0.282 e. The number of fused-ring (bicyclic) bond motifs is 1. The van der Waals surface area contributed by atoms with Gasteiger partial charge in [0.1, 0.15) is 0 Å². The summed E-state index contributed by atoms with van der Waals surface area (Å²) in [6, 6.07) is 5.63. The molecule has 0 spiro atoms. The van der Waals surface area contributed by atoms with Gasteiger partial charge in [-0.15, -0.1) is 0 Å². The van der Waals surface area contributed by atoms with Crippen LogP contribution in [0, 0.1) is 0 Å². The Morgan fingerprint density at radius 2 is 1.63 bits per heavy atom. The summed E-state index contributed by atoms with van der Waals surface area (Å²) in [4.78, 5) is 0. The zero-order chi connectivity index (χ0) is 13.5. The highest BCUT2D eigenvalue weighted by Gasteiger charge is 2.34. The minimum absolute atomic E-state index is 0.444. The molecular formula is C13H19N3O2S. The van der Waals surface area contributed by atoms with Crippen LogP contribution in [0.15, 0.2) is 18.2 Å². The molecule has 104 valence electrons. The zero-order valence-electron chi connectivity index (χ0n) is 10.9. The molecule has 0 saturated carbocycles. The predicted octanol–water partition coefficient (Wildman–Crippen LogP) is 1.32. The molecule has 1 saturated heterocycles. The van der Waals surface area contributed by atoms with Crippen LogP contribution in [0.4, 0.5) is 5.69 Å². The molecule has 1 fully saturated rings. The highest BCUT2D eigenvalue weighted by molar-refractivity contribution is 7.86. The fraction of sp³-hybridized carbons (Fsp3) is 0.538. The Balaban J connectivity index is 1.81. The molecule has 6 heteroatoms. The quantitative estimate of drug-likeness (QED) is 0.831. The van der Waals surface area contributed by atoms with Gasteiger partial charge in [0.25, 0.3) is 10.2 Å². The molecule has 0 amide bonds. The van der Waals surface area contributed by atoms with Crippen LogP contribution in [0.25, 0.3) is 0 Å². The van der Waals surface area contributed by atoms with Gasteiger partial charge in [-0.2, -0.15) is 17.0 Å². The van der Waals surface area contributed by atoms with Gasteiger partial charge in [-0.1, -0.05) is 12.5 Å². The van der Waals surface area contributed by atoms with Crippen LogP contribution in [0.2, 0.25) is 0 Å². The smallest absolute Gasteiger partial charge is 0.282 e. The summed E-state index contributed by atoms with van der Waals surface area (Å²) in [5, 5.41) is 0. The molecule has 0 radical (unpaired) electrons. The lowest BCUT2D eigenvalue weighted by molar-refractivity contribution is 0.305. The normalized spacial score (nSPS) is 21.5. The van der Waals surface area contributed by atoms with Gasteiger partial charge in [-0.3, -0.25) is 0 Å². The topological polar surface area (TPSA) is 66.6 Å². The van der Waals surface area contributed by atoms with Gasteiger partial charge >= 0.3 is 0 Å². The number of nitrogens with zero attached hydrogens (tertiary/aromatic N) is 2. The van der Waals surface area contributed by atoms with Gasteiger partial charge in [0.2, 0.25) is 0 Å². The first-order valence-corrected chi connectivity index (χ1v) is 8.09. The second-order valence-electron chi connectivity index (χ2n) is 5.26. The molecule has 3 rings (SSSR count). The van der Waals surface area contributed by atoms with E-state index in [2.05, 4.69) is 0 Å². The van der Waals surface area contributed by atoms with Crippen molar-refractivity contribution in [2.45, 2.75) is 32.4 Å². The molecule has 2 heterocycles. The molecule has 2 aliphatic heterocycles. The number of anilines is 1. The highest BCUT2D eigenvalue weighted by atomic mass is 32.2. The third kappa shape index (κ3) is 2.35. The zero-order valence-corrected chi connectivity index (χ0v) is 11.7. The summed E-state index contributed by atoms with van der Waals surface area (Å²) >= 11 is 0. The van der Waals surface area contributed by atoms with E-state index in [1.807, 2.05) is 18.2 Å². The van der Waals surface area contributed by atoms with Crippen LogP contribution in [0.5, 0.6) is 0 Å². The van der Waals surface area contributed by atoms with E-state index in [4.69, 9.17) is 5.73 Å². The fourth-order valence-corrected chi connectivity index (χ4v) is 4.46. The van der Waals surface area contributed by atoms with Gasteiger partial charge in [0, 0.05) is 31.9 Å². The number of rotatable bonds is 2. The molecule has 0 atom stereocenters. The predicted molar refractivity (Wildman–Crippen MR) is 74.4 cm³/mol. The minimum atomic E-state index is -3.32. The first kappa shape index (κ1) is 12.9. The molecule has 19 heavy (non-hydrogen) atoms. The second-order valence-corrected chi connectivity index (χ2v) is 7.19. The molecule has 0 unspecified atom stereocenters. The monoisotopic (exact) mass is 281 g/mol. The maximum absolute atomic E-state index is 12.6. The van der Waals surface area contributed by atoms with E-state index < -0.39 is 10.2 Å². The Kier molecular flexibility index (Phi) is 3.24. The first-order valence-electron chi connectivity index (χ1n) is 6.70. The van der Waals surface area contributed by atoms with Crippen molar-refractivity contribution in [3.05, 3.63) is 29.3 Å². The highest BCUT2D eigenvalue weighted by Crippen LogP contribution is 2.29. The van der Waals surface area contributed by atoms with Crippen molar-refractivity contribution < 1.29 is 8.42 Å². The molecule has 2 N–H and O–H groups in total. The van der Waals surface area contributed by atoms with Gasteiger partial charge in [-0.05, 0) is 36.1 Å². The standard InChI is InChI=1S/C13H19N3O2S/c14-13-5-4-11-9-16(10-12(11)8-13)19(17,18)15-6-2-1-3-7-15/h4-5,8H,1-3,6-7,9-10,14H2. The van der Waals surface area contributed by atoms with Crippen LogP contribution in [0.3, 0.4) is 0 Å². The van der Waals surface area contributed by atoms with Gasteiger partial charge in [0.05, 0.1) is 0 Å². The lowest BCUT2D eigenvalue weighted by Gasteiger charge is -2.29. The van der Waals surface area contributed by atoms with Gasteiger partial charge in [0.15, 0.2) is 0 Å². The lowest BCUT2D eigenvalue weighted by Crippen LogP contribution is -2.43. The molecule has 2 aliphatic rings. The molecule has 0 aliphatic carbocycles. The summed E-state index contributed by atoms with van der Waals surface area (Å²) < 4.78 is 28.3. The SMILES string of the molecule is Nc1ccc2c(c1)CN(S(=O)(=O)N1CCCCC1)C2. The van der Waals surface area contributed by atoms with Crippen LogP contribution in [-0.4, -0.2) is 30.1 Å². The number of nitrogens with two attached hydrogens (primary N) is 1. The van der Waals surface area contributed by atoms with Crippen molar-refractivity contribution in [1.29, 1.82) is 0 Å². The van der Waals surface area contributed by atoms with Crippen LogP contribution < -0.4 is 5.73 Å². The van der Waals surface area contributed by atoms with Crippen LogP contribution in [0.1, 0.15) is 30.4 Å². The molecule has 0 aromatic heterocycles. The number of hydrogen-bond acceptors (Lipinski definition) is 3. The lowest BCUT2D eigenvalue weighted by atomic mass is 10.1. The Morgan fingerprint density at radius 1 is 0.947 bits per heavy atom. The third-order valence-corrected chi connectivity index (χ3v) is 5.82. The Morgan fingerprint density at radius 3 is 2.37 bits per heavy atom. The minimum Gasteiger partial charge on any atom is -0.399 e. The van der Waals surface area contributed by atoms with Crippen molar-refractivity contribution in [3.63, 3.8) is 0 Å².